The second-order valence-electron chi connectivity index (χ2n) is 5.00. The number of amides is 1. The largest absolute Gasteiger partial charge is 0.378 e. The van der Waals surface area contributed by atoms with Crippen LogP contribution in [0.4, 0.5) is 0 Å². The first-order chi connectivity index (χ1) is 10.2. The minimum absolute atomic E-state index is 0.0417. The molecule has 110 valence electrons. The summed E-state index contributed by atoms with van der Waals surface area (Å²) in [6.45, 7) is 3.88. The van der Waals surface area contributed by atoms with E-state index in [1.54, 1.807) is 13.2 Å². The highest BCUT2D eigenvalue weighted by Crippen LogP contribution is 2.26. The van der Waals surface area contributed by atoms with Gasteiger partial charge in [0.2, 0.25) is 0 Å². The van der Waals surface area contributed by atoms with Crippen molar-refractivity contribution in [3.63, 3.8) is 0 Å². The molecule has 0 spiro atoms. The van der Waals surface area contributed by atoms with Gasteiger partial charge in [-0.2, -0.15) is 10.2 Å². The van der Waals surface area contributed by atoms with Gasteiger partial charge in [-0.1, -0.05) is 0 Å². The Morgan fingerprint density at radius 1 is 1.38 bits per heavy atom. The normalized spacial score (nSPS) is 17.6. The summed E-state index contributed by atoms with van der Waals surface area (Å²) in [6.07, 6.45) is 4.84. The second kappa shape index (κ2) is 5.61. The number of aromatic nitrogens is 4. The van der Waals surface area contributed by atoms with Gasteiger partial charge in [0.25, 0.3) is 5.91 Å². The first kappa shape index (κ1) is 13.7. The zero-order chi connectivity index (χ0) is 14.8. The van der Waals surface area contributed by atoms with Gasteiger partial charge in [0, 0.05) is 20.2 Å². The van der Waals surface area contributed by atoms with Gasteiger partial charge in [-0.05, 0) is 13.0 Å². The van der Waals surface area contributed by atoms with Crippen molar-refractivity contribution in [1.29, 1.82) is 0 Å². The van der Waals surface area contributed by atoms with E-state index in [4.69, 9.17) is 4.74 Å². The number of nitrogens with zero attached hydrogens (tertiary/aromatic N) is 5. The third kappa shape index (κ3) is 2.40. The van der Waals surface area contributed by atoms with Crippen LogP contribution in [0.15, 0.2) is 24.7 Å². The van der Waals surface area contributed by atoms with E-state index in [1.807, 2.05) is 18.0 Å². The second-order valence-corrected chi connectivity index (χ2v) is 5.00. The van der Waals surface area contributed by atoms with Crippen molar-refractivity contribution in [3.05, 3.63) is 41.7 Å². The molecule has 2 aromatic rings. The van der Waals surface area contributed by atoms with Gasteiger partial charge in [-0.15, -0.1) is 0 Å². The smallest absolute Gasteiger partial charge is 0.256 e. The van der Waals surface area contributed by atoms with Crippen LogP contribution in [0.25, 0.3) is 0 Å². The summed E-state index contributed by atoms with van der Waals surface area (Å²) >= 11 is 0. The van der Waals surface area contributed by atoms with E-state index in [-0.39, 0.29) is 11.9 Å². The predicted molar refractivity (Wildman–Crippen MR) is 74.4 cm³/mol. The fourth-order valence-corrected chi connectivity index (χ4v) is 2.68. The molecule has 3 heterocycles. The molecular formula is C14H17N5O2. The molecule has 0 bridgehead atoms. The standard InChI is InChI=1S/C14H17N5O2/c1-10-13-15-8-12(9-21-2)19(13)6-5-18(10)14(20)11-3-4-16-17-7-11/h3-4,7-8,10H,5-6,9H2,1-2H3. The number of hydrogen-bond acceptors (Lipinski definition) is 5. The van der Waals surface area contributed by atoms with Crippen LogP contribution >= 0.6 is 0 Å². The molecule has 1 amide bonds. The lowest BCUT2D eigenvalue weighted by molar-refractivity contribution is 0.0632. The van der Waals surface area contributed by atoms with Gasteiger partial charge < -0.3 is 14.2 Å². The Morgan fingerprint density at radius 3 is 2.95 bits per heavy atom. The quantitative estimate of drug-likeness (QED) is 0.843. The highest BCUT2D eigenvalue weighted by atomic mass is 16.5. The Bertz CT molecular complexity index is 640. The summed E-state index contributed by atoms with van der Waals surface area (Å²) < 4.78 is 7.30. The number of ether oxygens (including phenoxy) is 1. The zero-order valence-electron chi connectivity index (χ0n) is 12.1. The van der Waals surface area contributed by atoms with Crippen LogP contribution in [0.2, 0.25) is 0 Å². The molecule has 0 fully saturated rings. The predicted octanol–water partition coefficient (Wildman–Crippen LogP) is 1.04. The van der Waals surface area contributed by atoms with E-state index < -0.39 is 0 Å². The molecule has 7 heteroatoms. The number of fused-ring (bicyclic) bond motifs is 1. The third-order valence-electron chi connectivity index (χ3n) is 3.76. The highest BCUT2D eigenvalue weighted by molar-refractivity contribution is 5.94. The van der Waals surface area contributed by atoms with Crippen molar-refractivity contribution in [2.45, 2.75) is 26.1 Å². The average molecular weight is 287 g/mol. The number of rotatable bonds is 3. The molecule has 7 nitrogen and oxygen atoms in total. The maximum Gasteiger partial charge on any atom is 0.256 e. The van der Waals surface area contributed by atoms with Crippen molar-refractivity contribution in [1.82, 2.24) is 24.6 Å². The molecule has 21 heavy (non-hydrogen) atoms. The Kier molecular flexibility index (Phi) is 3.66. The molecule has 1 aliphatic heterocycles. The first-order valence-electron chi connectivity index (χ1n) is 6.83. The van der Waals surface area contributed by atoms with Gasteiger partial charge in [-0.25, -0.2) is 4.98 Å². The molecule has 2 aromatic heterocycles. The summed E-state index contributed by atoms with van der Waals surface area (Å²) in [4.78, 5) is 18.8. The van der Waals surface area contributed by atoms with Crippen LogP contribution < -0.4 is 0 Å². The average Bonchev–Trinajstić information content (AvgIpc) is 2.92. The summed E-state index contributed by atoms with van der Waals surface area (Å²) in [5.74, 6) is 0.851. The lowest BCUT2D eigenvalue weighted by Crippen LogP contribution is -2.41. The maximum atomic E-state index is 12.5. The van der Waals surface area contributed by atoms with Crippen LogP contribution in [0.3, 0.4) is 0 Å². The molecule has 1 atom stereocenters. The van der Waals surface area contributed by atoms with E-state index >= 15 is 0 Å². The molecule has 1 aliphatic rings. The summed E-state index contributed by atoms with van der Waals surface area (Å²) in [6, 6.07) is 1.60. The molecule has 0 aromatic carbocycles. The summed E-state index contributed by atoms with van der Waals surface area (Å²) in [7, 11) is 1.67. The molecule has 1 unspecified atom stereocenters. The van der Waals surface area contributed by atoms with E-state index in [9.17, 15) is 4.79 Å². The fourth-order valence-electron chi connectivity index (χ4n) is 2.68. The lowest BCUT2D eigenvalue weighted by Gasteiger charge is -2.34. The number of carbonyl (C=O) groups is 1. The van der Waals surface area contributed by atoms with Crippen LogP contribution in [0, 0.1) is 0 Å². The number of carbonyl (C=O) groups excluding carboxylic acids is 1. The van der Waals surface area contributed by atoms with E-state index in [2.05, 4.69) is 19.7 Å². The van der Waals surface area contributed by atoms with Crippen molar-refractivity contribution < 1.29 is 9.53 Å². The topological polar surface area (TPSA) is 73.1 Å². The van der Waals surface area contributed by atoms with Crippen molar-refractivity contribution >= 4 is 5.91 Å². The molecule has 0 saturated carbocycles. The Morgan fingerprint density at radius 2 is 2.24 bits per heavy atom. The van der Waals surface area contributed by atoms with Crippen LogP contribution in [0.1, 0.15) is 34.8 Å². The number of imidazole rings is 1. The fraction of sp³-hybridized carbons (Fsp3) is 0.429. The Hall–Kier alpha value is -2.28. The van der Waals surface area contributed by atoms with Crippen molar-refractivity contribution in [2.75, 3.05) is 13.7 Å². The van der Waals surface area contributed by atoms with Crippen LogP contribution in [-0.2, 0) is 17.9 Å². The molecule has 0 saturated heterocycles. The van der Waals surface area contributed by atoms with Crippen LogP contribution in [0.5, 0.6) is 0 Å². The summed E-state index contributed by atoms with van der Waals surface area (Å²) in [5.41, 5.74) is 1.59. The highest BCUT2D eigenvalue weighted by Gasteiger charge is 2.30. The summed E-state index contributed by atoms with van der Waals surface area (Å²) in [5, 5.41) is 7.46. The Labute approximate surface area is 122 Å². The minimum atomic E-state index is -0.0787. The minimum Gasteiger partial charge on any atom is -0.378 e. The maximum absolute atomic E-state index is 12.5. The number of methoxy groups -OCH3 is 1. The van der Waals surface area contributed by atoms with E-state index in [0.717, 1.165) is 18.1 Å². The third-order valence-corrected chi connectivity index (χ3v) is 3.76. The van der Waals surface area contributed by atoms with E-state index in [1.165, 1.54) is 12.4 Å². The van der Waals surface area contributed by atoms with Crippen molar-refractivity contribution in [3.8, 4) is 0 Å². The number of hydrogen-bond donors (Lipinski definition) is 0. The molecule has 3 rings (SSSR count). The molecule has 0 radical (unpaired) electrons. The molecule has 0 N–H and O–H groups in total. The van der Waals surface area contributed by atoms with Gasteiger partial charge in [0.15, 0.2) is 0 Å². The van der Waals surface area contributed by atoms with Crippen LogP contribution in [-0.4, -0.2) is 44.2 Å². The van der Waals surface area contributed by atoms with E-state index in [0.29, 0.717) is 18.7 Å². The first-order valence-corrected chi connectivity index (χ1v) is 6.83. The van der Waals surface area contributed by atoms with Gasteiger partial charge in [0.1, 0.15) is 5.82 Å². The van der Waals surface area contributed by atoms with Gasteiger partial charge in [0.05, 0.1) is 42.5 Å². The van der Waals surface area contributed by atoms with Gasteiger partial charge >= 0.3 is 0 Å². The van der Waals surface area contributed by atoms with Crippen molar-refractivity contribution in [2.24, 2.45) is 0 Å². The monoisotopic (exact) mass is 287 g/mol. The molecule has 0 aliphatic carbocycles. The lowest BCUT2D eigenvalue weighted by atomic mass is 10.1. The molecular weight excluding hydrogens is 270 g/mol. The zero-order valence-corrected chi connectivity index (χ0v) is 12.1. The van der Waals surface area contributed by atoms with Gasteiger partial charge in [-0.3, -0.25) is 4.79 Å². The Balaban J connectivity index is 1.86. The SMILES string of the molecule is COCc1cnc2n1CCN(C(=O)c1ccnnc1)C2C.